The Morgan fingerprint density at radius 3 is 2.37 bits per heavy atom. The Morgan fingerprint density at radius 2 is 1.81 bits per heavy atom. The van der Waals surface area contributed by atoms with Crippen LogP contribution in [0.3, 0.4) is 0 Å². The van der Waals surface area contributed by atoms with Crippen LogP contribution in [0.1, 0.15) is 19.4 Å². The molecule has 0 saturated carbocycles. The molecule has 0 bridgehead atoms. The second-order valence-corrected chi connectivity index (χ2v) is 8.04. The number of benzene rings is 1. The summed E-state index contributed by atoms with van der Waals surface area (Å²) in [6.45, 7) is 10.5. The molecular formula is C19H32Cl2IN5. The van der Waals surface area contributed by atoms with Gasteiger partial charge in [-0.25, -0.2) is 0 Å². The fraction of sp³-hybridized carbons (Fsp3) is 0.632. The fourth-order valence-electron chi connectivity index (χ4n) is 3.21. The van der Waals surface area contributed by atoms with Gasteiger partial charge in [-0.15, -0.1) is 24.0 Å². The van der Waals surface area contributed by atoms with E-state index in [0.29, 0.717) is 28.5 Å². The van der Waals surface area contributed by atoms with E-state index >= 15 is 0 Å². The van der Waals surface area contributed by atoms with Crippen LogP contribution in [-0.4, -0.2) is 68.6 Å². The minimum Gasteiger partial charge on any atom is -0.355 e. The number of hydrogen-bond donors (Lipinski definition) is 2. The van der Waals surface area contributed by atoms with Gasteiger partial charge in [-0.2, -0.15) is 0 Å². The first kappa shape index (κ1) is 24.8. The summed E-state index contributed by atoms with van der Waals surface area (Å²) in [5, 5.41) is 8.12. The van der Waals surface area contributed by atoms with Crippen molar-refractivity contribution in [2.24, 2.45) is 10.9 Å². The average molecular weight is 528 g/mol. The molecule has 1 atom stereocenters. The molecule has 27 heavy (non-hydrogen) atoms. The Bertz CT molecular complexity index is 604. The lowest BCUT2D eigenvalue weighted by molar-refractivity contribution is 0.0900. The van der Waals surface area contributed by atoms with Gasteiger partial charge in [0.15, 0.2) is 5.96 Å². The van der Waals surface area contributed by atoms with Gasteiger partial charge >= 0.3 is 0 Å². The molecule has 5 nitrogen and oxygen atoms in total. The van der Waals surface area contributed by atoms with Crippen LogP contribution in [0.2, 0.25) is 10.0 Å². The van der Waals surface area contributed by atoms with Crippen molar-refractivity contribution in [3.8, 4) is 0 Å². The Morgan fingerprint density at radius 1 is 1.15 bits per heavy atom. The number of guanidine groups is 1. The SMILES string of the molecule is CN=C(NCc1ccc(Cl)cc1Cl)NCC(C(C)C)N1CCN(C)CC1.I. The topological polar surface area (TPSA) is 42.9 Å². The van der Waals surface area contributed by atoms with Gasteiger partial charge in [0.2, 0.25) is 0 Å². The largest absolute Gasteiger partial charge is 0.355 e. The Labute approximate surface area is 190 Å². The monoisotopic (exact) mass is 527 g/mol. The first-order valence-electron chi connectivity index (χ1n) is 9.21. The number of likely N-dealkylation sites (N-methyl/N-ethyl adjacent to an activating group) is 1. The second-order valence-electron chi connectivity index (χ2n) is 7.19. The van der Waals surface area contributed by atoms with E-state index in [9.17, 15) is 0 Å². The van der Waals surface area contributed by atoms with Gasteiger partial charge in [-0.3, -0.25) is 9.89 Å². The number of aliphatic imine (C=N–C) groups is 1. The van der Waals surface area contributed by atoms with E-state index < -0.39 is 0 Å². The highest BCUT2D eigenvalue weighted by molar-refractivity contribution is 14.0. The molecule has 2 rings (SSSR count). The molecular weight excluding hydrogens is 496 g/mol. The molecule has 154 valence electrons. The molecule has 1 fully saturated rings. The van der Waals surface area contributed by atoms with Gasteiger partial charge in [-0.05, 0) is 30.7 Å². The van der Waals surface area contributed by atoms with E-state index in [1.165, 1.54) is 0 Å². The number of nitrogens with zero attached hydrogens (tertiary/aromatic N) is 3. The summed E-state index contributed by atoms with van der Waals surface area (Å²) in [4.78, 5) is 9.31. The van der Waals surface area contributed by atoms with Crippen LogP contribution in [0, 0.1) is 5.92 Å². The molecule has 2 N–H and O–H groups in total. The summed E-state index contributed by atoms with van der Waals surface area (Å²) in [6.07, 6.45) is 0. The van der Waals surface area contributed by atoms with Gasteiger partial charge in [0.05, 0.1) is 0 Å². The quantitative estimate of drug-likeness (QED) is 0.337. The Balaban J connectivity index is 0.00000364. The molecule has 1 unspecified atom stereocenters. The maximum Gasteiger partial charge on any atom is 0.191 e. The van der Waals surface area contributed by atoms with Crippen molar-refractivity contribution < 1.29 is 0 Å². The second kappa shape index (κ2) is 12.3. The lowest BCUT2D eigenvalue weighted by atomic mass is 10.0. The predicted octanol–water partition coefficient (Wildman–Crippen LogP) is 3.55. The summed E-state index contributed by atoms with van der Waals surface area (Å²) in [7, 11) is 3.98. The third-order valence-corrected chi connectivity index (χ3v) is 5.53. The van der Waals surface area contributed by atoms with Crippen molar-refractivity contribution in [2.45, 2.75) is 26.4 Å². The molecule has 1 saturated heterocycles. The third-order valence-electron chi connectivity index (χ3n) is 4.94. The van der Waals surface area contributed by atoms with E-state index in [1.807, 2.05) is 12.1 Å². The van der Waals surface area contributed by atoms with Gasteiger partial charge in [0.1, 0.15) is 0 Å². The average Bonchev–Trinajstić information content (AvgIpc) is 2.60. The molecule has 0 spiro atoms. The molecule has 1 aromatic carbocycles. The minimum absolute atomic E-state index is 0. The molecule has 1 aliphatic heterocycles. The zero-order valence-corrected chi connectivity index (χ0v) is 20.5. The Hall–Kier alpha value is -0.280. The highest BCUT2D eigenvalue weighted by atomic mass is 127. The van der Waals surface area contributed by atoms with Gasteiger partial charge in [-0.1, -0.05) is 43.1 Å². The number of hydrogen-bond acceptors (Lipinski definition) is 3. The van der Waals surface area contributed by atoms with E-state index in [1.54, 1.807) is 13.1 Å². The van der Waals surface area contributed by atoms with E-state index in [0.717, 1.165) is 44.2 Å². The highest BCUT2D eigenvalue weighted by Crippen LogP contribution is 2.20. The molecule has 0 aromatic heterocycles. The predicted molar refractivity (Wildman–Crippen MR) is 128 cm³/mol. The van der Waals surface area contributed by atoms with Crippen molar-refractivity contribution in [1.82, 2.24) is 20.4 Å². The highest BCUT2D eigenvalue weighted by Gasteiger charge is 2.25. The molecule has 0 amide bonds. The van der Waals surface area contributed by atoms with E-state index in [2.05, 4.69) is 46.3 Å². The normalized spacial score (nSPS) is 17.5. The lowest BCUT2D eigenvalue weighted by Crippen LogP contribution is -2.55. The third kappa shape index (κ3) is 7.93. The van der Waals surface area contributed by atoms with Crippen molar-refractivity contribution >= 4 is 53.1 Å². The van der Waals surface area contributed by atoms with Crippen LogP contribution >= 0.6 is 47.2 Å². The first-order chi connectivity index (χ1) is 12.4. The molecule has 1 aliphatic rings. The summed E-state index contributed by atoms with van der Waals surface area (Å²) in [5.74, 6) is 1.37. The number of piperazine rings is 1. The molecule has 1 aromatic rings. The standard InChI is InChI=1S/C19H31Cl2N5.HI/c1-14(2)18(26-9-7-25(4)8-10-26)13-24-19(22-3)23-12-15-5-6-16(20)11-17(15)21;/h5-6,11,14,18H,7-10,12-13H2,1-4H3,(H2,22,23,24);1H. The van der Waals surface area contributed by atoms with Crippen LogP contribution in [0.25, 0.3) is 0 Å². The molecule has 0 radical (unpaired) electrons. The number of nitrogens with one attached hydrogen (secondary N) is 2. The number of halogens is 3. The van der Waals surface area contributed by atoms with Gasteiger partial charge in [0, 0.05) is 62.4 Å². The van der Waals surface area contributed by atoms with Crippen LogP contribution < -0.4 is 10.6 Å². The molecule has 8 heteroatoms. The van der Waals surface area contributed by atoms with Crippen molar-refractivity contribution in [3.63, 3.8) is 0 Å². The van der Waals surface area contributed by atoms with Crippen LogP contribution in [-0.2, 0) is 6.54 Å². The van der Waals surface area contributed by atoms with Crippen LogP contribution in [0.5, 0.6) is 0 Å². The number of rotatable bonds is 6. The fourth-order valence-corrected chi connectivity index (χ4v) is 3.68. The van der Waals surface area contributed by atoms with Crippen molar-refractivity contribution in [2.75, 3.05) is 46.8 Å². The zero-order valence-electron chi connectivity index (χ0n) is 16.6. The van der Waals surface area contributed by atoms with Crippen molar-refractivity contribution in [1.29, 1.82) is 0 Å². The lowest BCUT2D eigenvalue weighted by Gasteiger charge is -2.40. The summed E-state index contributed by atoms with van der Waals surface area (Å²) >= 11 is 12.2. The summed E-state index contributed by atoms with van der Waals surface area (Å²) < 4.78 is 0. The van der Waals surface area contributed by atoms with Gasteiger partial charge < -0.3 is 15.5 Å². The van der Waals surface area contributed by atoms with Crippen LogP contribution in [0.15, 0.2) is 23.2 Å². The maximum absolute atomic E-state index is 6.24. The van der Waals surface area contributed by atoms with Crippen LogP contribution in [0.4, 0.5) is 0 Å². The first-order valence-corrected chi connectivity index (χ1v) is 9.97. The van der Waals surface area contributed by atoms with E-state index in [-0.39, 0.29) is 24.0 Å². The van der Waals surface area contributed by atoms with E-state index in [4.69, 9.17) is 23.2 Å². The smallest absolute Gasteiger partial charge is 0.191 e. The Kier molecular flexibility index (Phi) is 11.3. The zero-order chi connectivity index (χ0) is 19.1. The van der Waals surface area contributed by atoms with Gasteiger partial charge in [0.25, 0.3) is 0 Å². The summed E-state index contributed by atoms with van der Waals surface area (Å²) in [5.41, 5.74) is 0.999. The summed E-state index contributed by atoms with van der Waals surface area (Å²) in [6, 6.07) is 6.04. The molecule has 0 aliphatic carbocycles. The minimum atomic E-state index is 0. The maximum atomic E-state index is 6.24. The molecule has 1 heterocycles. The van der Waals surface area contributed by atoms with Crippen molar-refractivity contribution in [3.05, 3.63) is 33.8 Å².